The van der Waals surface area contributed by atoms with E-state index in [4.69, 9.17) is 5.73 Å². The van der Waals surface area contributed by atoms with Crippen LogP contribution in [0, 0.1) is 6.92 Å². The Morgan fingerprint density at radius 1 is 1.19 bits per heavy atom. The van der Waals surface area contributed by atoms with Crippen molar-refractivity contribution in [3.63, 3.8) is 0 Å². The first-order valence-electron chi connectivity index (χ1n) is 5.63. The normalized spacial score (nSPS) is 12.7. The second-order valence-corrected chi connectivity index (χ2v) is 5.15. The van der Waals surface area contributed by atoms with Crippen molar-refractivity contribution in [1.29, 1.82) is 0 Å². The minimum Gasteiger partial charge on any atom is -0.323 e. The van der Waals surface area contributed by atoms with Crippen molar-refractivity contribution in [3.8, 4) is 10.4 Å². The van der Waals surface area contributed by atoms with Gasteiger partial charge in [-0.1, -0.05) is 31.2 Å². The third-order valence-corrected chi connectivity index (χ3v) is 4.09. The second-order valence-electron chi connectivity index (χ2n) is 4.03. The van der Waals surface area contributed by atoms with E-state index in [1.165, 1.54) is 20.9 Å². The number of hydrogen-bond donors (Lipinski definition) is 1. The van der Waals surface area contributed by atoms with Gasteiger partial charge in [-0.15, -0.1) is 11.3 Å². The first-order valence-corrected chi connectivity index (χ1v) is 6.45. The number of benzene rings is 1. The molecule has 1 nitrogen and oxygen atoms in total. The number of thiophene rings is 1. The molecule has 2 N–H and O–H groups in total. The maximum atomic E-state index is 6.03. The van der Waals surface area contributed by atoms with Crippen molar-refractivity contribution in [2.45, 2.75) is 26.3 Å². The van der Waals surface area contributed by atoms with Gasteiger partial charge in [0.25, 0.3) is 0 Å². The molecule has 1 heterocycles. The zero-order valence-corrected chi connectivity index (χ0v) is 10.6. The van der Waals surface area contributed by atoms with E-state index < -0.39 is 0 Å². The Labute approximate surface area is 101 Å². The van der Waals surface area contributed by atoms with Crippen LogP contribution in [0.5, 0.6) is 0 Å². The molecular weight excluding hydrogens is 214 g/mol. The molecule has 1 atom stereocenters. The third kappa shape index (κ3) is 2.18. The van der Waals surface area contributed by atoms with Crippen LogP contribution in [-0.4, -0.2) is 0 Å². The van der Waals surface area contributed by atoms with Gasteiger partial charge in [-0.2, -0.15) is 0 Å². The fourth-order valence-corrected chi connectivity index (χ4v) is 2.93. The first-order chi connectivity index (χ1) is 7.72. The maximum Gasteiger partial charge on any atom is 0.0387 e. The van der Waals surface area contributed by atoms with Crippen molar-refractivity contribution < 1.29 is 0 Å². The topological polar surface area (TPSA) is 26.0 Å². The van der Waals surface area contributed by atoms with Crippen molar-refractivity contribution in [2.75, 3.05) is 0 Å². The fourth-order valence-electron chi connectivity index (χ4n) is 1.75. The van der Waals surface area contributed by atoms with E-state index in [2.05, 4.69) is 50.2 Å². The van der Waals surface area contributed by atoms with Gasteiger partial charge in [-0.3, -0.25) is 0 Å². The average Bonchev–Trinajstić information content (AvgIpc) is 2.78. The standard InChI is InChI=1S/C14H17NS/c1-3-12(15)14-9-8-13(16-14)11-7-5-4-6-10(11)2/h4-9,12H,3,15H2,1-2H3. The molecule has 0 aliphatic rings. The van der Waals surface area contributed by atoms with Crippen LogP contribution in [0.2, 0.25) is 0 Å². The molecule has 1 aromatic heterocycles. The Morgan fingerprint density at radius 2 is 1.94 bits per heavy atom. The number of hydrogen-bond acceptors (Lipinski definition) is 2. The molecule has 0 aliphatic carbocycles. The molecule has 2 aromatic rings. The van der Waals surface area contributed by atoms with Gasteiger partial charge in [0.05, 0.1) is 0 Å². The lowest BCUT2D eigenvalue weighted by atomic mass is 10.1. The molecule has 0 aliphatic heterocycles. The smallest absolute Gasteiger partial charge is 0.0387 e. The molecule has 0 bridgehead atoms. The van der Waals surface area contributed by atoms with Gasteiger partial charge in [0, 0.05) is 15.8 Å². The van der Waals surface area contributed by atoms with E-state index in [1.54, 1.807) is 0 Å². The molecule has 0 spiro atoms. The zero-order valence-electron chi connectivity index (χ0n) is 9.73. The summed E-state index contributed by atoms with van der Waals surface area (Å²) in [5, 5.41) is 0. The van der Waals surface area contributed by atoms with E-state index >= 15 is 0 Å². The lowest BCUT2D eigenvalue weighted by molar-refractivity contribution is 0.712. The van der Waals surface area contributed by atoms with Gasteiger partial charge in [0.2, 0.25) is 0 Å². The molecule has 2 heteroatoms. The summed E-state index contributed by atoms with van der Waals surface area (Å²) in [6, 6.07) is 13.0. The highest BCUT2D eigenvalue weighted by atomic mass is 32.1. The minimum absolute atomic E-state index is 0.183. The summed E-state index contributed by atoms with van der Waals surface area (Å²) in [5.74, 6) is 0. The Kier molecular flexibility index (Phi) is 3.42. The second kappa shape index (κ2) is 4.81. The van der Waals surface area contributed by atoms with Crippen LogP contribution in [-0.2, 0) is 0 Å². The van der Waals surface area contributed by atoms with Crippen molar-refractivity contribution in [1.82, 2.24) is 0 Å². The lowest BCUT2D eigenvalue weighted by Crippen LogP contribution is -2.05. The molecule has 84 valence electrons. The van der Waals surface area contributed by atoms with Crippen LogP contribution in [0.1, 0.15) is 29.8 Å². The van der Waals surface area contributed by atoms with E-state index in [9.17, 15) is 0 Å². The first kappa shape index (κ1) is 11.4. The number of nitrogens with two attached hydrogens (primary N) is 1. The van der Waals surface area contributed by atoms with E-state index in [1.807, 2.05) is 11.3 Å². The highest BCUT2D eigenvalue weighted by molar-refractivity contribution is 7.15. The summed E-state index contributed by atoms with van der Waals surface area (Å²) in [4.78, 5) is 2.60. The molecule has 0 fully saturated rings. The molecule has 2 rings (SSSR count). The van der Waals surface area contributed by atoms with Crippen molar-refractivity contribution >= 4 is 11.3 Å². The van der Waals surface area contributed by atoms with Crippen LogP contribution in [0.4, 0.5) is 0 Å². The largest absolute Gasteiger partial charge is 0.323 e. The van der Waals surface area contributed by atoms with Crippen LogP contribution >= 0.6 is 11.3 Å². The van der Waals surface area contributed by atoms with Gasteiger partial charge in [0.1, 0.15) is 0 Å². The predicted molar refractivity (Wildman–Crippen MR) is 71.7 cm³/mol. The molecular formula is C14H17NS. The summed E-state index contributed by atoms with van der Waals surface area (Å²) in [5.41, 5.74) is 8.68. The molecule has 0 saturated carbocycles. The highest BCUT2D eigenvalue weighted by Crippen LogP contribution is 2.33. The van der Waals surface area contributed by atoms with E-state index in [-0.39, 0.29) is 6.04 Å². The van der Waals surface area contributed by atoms with Gasteiger partial charge in [-0.05, 0) is 36.6 Å². The summed E-state index contributed by atoms with van der Waals surface area (Å²) in [6.45, 7) is 4.27. The van der Waals surface area contributed by atoms with Crippen LogP contribution in [0.25, 0.3) is 10.4 Å². The SMILES string of the molecule is CCC(N)c1ccc(-c2ccccc2C)s1. The Hall–Kier alpha value is -1.12. The lowest BCUT2D eigenvalue weighted by Gasteiger charge is -2.05. The summed E-state index contributed by atoms with van der Waals surface area (Å²) >= 11 is 1.81. The van der Waals surface area contributed by atoms with E-state index in [0.717, 1.165) is 6.42 Å². The molecule has 1 unspecified atom stereocenters. The fraction of sp³-hybridized carbons (Fsp3) is 0.286. The molecule has 0 amide bonds. The summed E-state index contributed by atoms with van der Waals surface area (Å²) in [6.07, 6.45) is 0.994. The number of rotatable bonds is 3. The molecule has 0 radical (unpaired) electrons. The molecule has 16 heavy (non-hydrogen) atoms. The molecule has 0 saturated heterocycles. The van der Waals surface area contributed by atoms with Crippen molar-refractivity contribution in [2.24, 2.45) is 5.73 Å². The zero-order chi connectivity index (χ0) is 11.5. The van der Waals surface area contributed by atoms with Gasteiger partial charge >= 0.3 is 0 Å². The van der Waals surface area contributed by atoms with Crippen molar-refractivity contribution in [3.05, 3.63) is 46.8 Å². The summed E-state index contributed by atoms with van der Waals surface area (Å²) in [7, 11) is 0. The van der Waals surface area contributed by atoms with Gasteiger partial charge < -0.3 is 5.73 Å². The monoisotopic (exact) mass is 231 g/mol. The van der Waals surface area contributed by atoms with Gasteiger partial charge in [-0.25, -0.2) is 0 Å². The Morgan fingerprint density at radius 3 is 2.62 bits per heavy atom. The Balaban J connectivity index is 2.35. The Bertz CT molecular complexity index is 473. The molecule has 1 aromatic carbocycles. The summed E-state index contributed by atoms with van der Waals surface area (Å²) < 4.78 is 0. The highest BCUT2D eigenvalue weighted by Gasteiger charge is 2.09. The number of aryl methyl sites for hydroxylation is 1. The van der Waals surface area contributed by atoms with Crippen LogP contribution in [0.3, 0.4) is 0 Å². The van der Waals surface area contributed by atoms with Crippen LogP contribution in [0.15, 0.2) is 36.4 Å². The predicted octanol–water partition coefficient (Wildman–Crippen LogP) is 4.13. The average molecular weight is 231 g/mol. The van der Waals surface area contributed by atoms with Crippen LogP contribution < -0.4 is 5.73 Å². The quantitative estimate of drug-likeness (QED) is 0.844. The van der Waals surface area contributed by atoms with Gasteiger partial charge in [0.15, 0.2) is 0 Å². The third-order valence-electron chi connectivity index (χ3n) is 2.84. The maximum absolute atomic E-state index is 6.03. The minimum atomic E-state index is 0.183. The van der Waals surface area contributed by atoms with E-state index in [0.29, 0.717) is 0 Å².